The smallest absolute Gasteiger partial charge is 0.193 e. The Balaban J connectivity index is 1.49. The van der Waals surface area contributed by atoms with Crippen LogP contribution in [0.3, 0.4) is 0 Å². The molecule has 0 bridgehead atoms. The molecule has 6 nitrogen and oxygen atoms in total. The number of thiazole rings is 1. The molecule has 8 heteroatoms. The standard InChI is InChI=1S/C20H28N4O2S2/c1-21-19(22-6-4-9-27-20-23-7-10-28-20)24-8-5-15(14-24)16-11-17(25-2)13-18(12-16)26-3/h7,10-13,15H,4-6,8-9,14H2,1-3H3,(H,21,22). The van der Waals surface area contributed by atoms with Crippen LogP contribution < -0.4 is 14.8 Å². The topological polar surface area (TPSA) is 59.0 Å². The first-order valence-corrected chi connectivity index (χ1v) is 11.3. The molecule has 1 aliphatic heterocycles. The summed E-state index contributed by atoms with van der Waals surface area (Å²) < 4.78 is 12.0. The highest BCUT2D eigenvalue weighted by Crippen LogP contribution is 2.32. The molecule has 1 N–H and O–H groups in total. The Morgan fingerprint density at radius 1 is 1.32 bits per heavy atom. The molecule has 2 heterocycles. The summed E-state index contributed by atoms with van der Waals surface area (Å²) in [5.41, 5.74) is 1.26. The van der Waals surface area contributed by atoms with Crippen molar-refractivity contribution in [2.75, 3.05) is 46.7 Å². The van der Waals surface area contributed by atoms with E-state index in [-0.39, 0.29) is 0 Å². The lowest BCUT2D eigenvalue weighted by molar-refractivity contribution is 0.392. The van der Waals surface area contributed by atoms with Gasteiger partial charge in [0.05, 0.1) is 14.2 Å². The molecule has 1 atom stereocenters. The van der Waals surface area contributed by atoms with E-state index in [0.717, 1.165) is 60.0 Å². The minimum absolute atomic E-state index is 0.447. The van der Waals surface area contributed by atoms with Crippen LogP contribution in [-0.2, 0) is 0 Å². The van der Waals surface area contributed by atoms with Crippen LogP contribution in [0, 0.1) is 0 Å². The number of likely N-dealkylation sites (tertiary alicyclic amines) is 1. The number of aromatic nitrogens is 1. The van der Waals surface area contributed by atoms with Crippen molar-refractivity contribution in [3.63, 3.8) is 0 Å². The molecule has 0 amide bonds. The maximum absolute atomic E-state index is 5.42. The number of thioether (sulfide) groups is 1. The van der Waals surface area contributed by atoms with Gasteiger partial charge in [-0.05, 0) is 30.5 Å². The molecule has 0 aliphatic carbocycles. The molecule has 1 aromatic heterocycles. The zero-order valence-electron chi connectivity index (χ0n) is 16.7. The zero-order valence-corrected chi connectivity index (χ0v) is 18.3. The SMILES string of the molecule is CN=C(NCCCSc1nccs1)N1CCC(c2cc(OC)cc(OC)c2)C1. The third-order valence-electron chi connectivity index (χ3n) is 4.78. The van der Waals surface area contributed by atoms with Gasteiger partial charge in [-0.3, -0.25) is 4.99 Å². The van der Waals surface area contributed by atoms with Crippen LogP contribution in [0.1, 0.15) is 24.3 Å². The van der Waals surface area contributed by atoms with E-state index in [1.165, 1.54) is 5.56 Å². The van der Waals surface area contributed by atoms with Gasteiger partial charge < -0.3 is 19.7 Å². The molecule has 0 radical (unpaired) electrons. The summed E-state index contributed by atoms with van der Waals surface area (Å²) in [6, 6.07) is 6.14. The number of methoxy groups -OCH3 is 2. The molecular formula is C20H28N4O2S2. The van der Waals surface area contributed by atoms with Crippen molar-refractivity contribution < 1.29 is 9.47 Å². The normalized spacial score (nSPS) is 17.0. The molecule has 0 saturated carbocycles. The summed E-state index contributed by atoms with van der Waals surface area (Å²) in [6.07, 6.45) is 4.03. The Labute approximate surface area is 175 Å². The Hall–Kier alpha value is -1.93. The largest absolute Gasteiger partial charge is 0.497 e. The number of nitrogens with one attached hydrogen (secondary N) is 1. The van der Waals surface area contributed by atoms with Gasteiger partial charge in [0.15, 0.2) is 5.96 Å². The van der Waals surface area contributed by atoms with Crippen molar-refractivity contribution >= 4 is 29.1 Å². The fraction of sp³-hybridized carbons (Fsp3) is 0.500. The zero-order chi connectivity index (χ0) is 19.8. The molecular weight excluding hydrogens is 392 g/mol. The third-order valence-corrected chi connectivity index (χ3v) is 6.84. The highest BCUT2D eigenvalue weighted by Gasteiger charge is 2.26. The molecule has 1 saturated heterocycles. The van der Waals surface area contributed by atoms with Gasteiger partial charge in [0.2, 0.25) is 0 Å². The number of rotatable bonds is 8. The van der Waals surface area contributed by atoms with E-state index in [4.69, 9.17) is 9.47 Å². The fourth-order valence-electron chi connectivity index (χ4n) is 3.34. The predicted molar refractivity (Wildman–Crippen MR) is 117 cm³/mol. The average Bonchev–Trinajstić information content (AvgIpc) is 3.42. The predicted octanol–water partition coefficient (Wildman–Crippen LogP) is 3.71. The van der Waals surface area contributed by atoms with Crippen molar-refractivity contribution in [1.29, 1.82) is 0 Å². The van der Waals surface area contributed by atoms with Crippen LogP contribution >= 0.6 is 23.1 Å². The Morgan fingerprint density at radius 3 is 2.75 bits per heavy atom. The van der Waals surface area contributed by atoms with Crippen LogP contribution in [0.5, 0.6) is 11.5 Å². The summed E-state index contributed by atoms with van der Waals surface area (Å²) in [5.74, 6) is 4.17. The molecule has 1 fully saturated rings. The molecule has 1 aliphatic rings. The molecule has 3 rings (SSSR count). The van der Waals surface area contributed by atoms with E-state index in [1.54, 1.807) is 25.6 Å². The highest BCUT2D eigenvalue weighted by molar-refractivity contribution is 8.00. The number of guanidine groups is 1. The molecule has 1 aromatic carbocycles. The van der Waals surface area contributed by atoms with E-state index in [2.05, 4.69) is 32.3 Å². The van der Waals surface area contributed by atoms with Gasteiger partial charge in [-0.15, -0.1) is 11.3 Å². The van der Waals surface area contributed by atoms with Gasteiger partial charge in [-0.1, -0.05) is 11.8 Å². The quantitative estimate of drug-likeness (QED) is 0.304. The Bertz CT molecular complexity index is 745. The molecule has 152 valence electrons. The van der Waals surface area contributed by atoms with Crippen molar-refractivity contribution in [2.45, 2.75) is 23.1 Å². The molecule has 1 unspecified atom stereocenters. The van der Waals surface area contributed by atoms with Crippen LogP contribution in [0.25, 0.3) is 0 Å². The van der Waals surface area contributed by atoms with Crippen molar-refractivity contribution in [3.05, 3.63) is 35.3 Å². The second kappa shape index (κ2) is 10.6. The van der Waals surface area contributed by atoms with Crippen LogP contribution in [0.4, 0.5) is 0 Å². The van der Waals surface area contributed by atoms with Crippen LogP contribution in [-0.4, -0.2) is 62.5 Å². The summed E-state index contributed by atoms with van der Waals surface area (Å²) in [5, 5.41) is 5.52. The summed E-state index contributed by atoms with van der Waals surface area (Å²) >= 11 is 3.51. The lowest BCUT2D eigenvalue weighted by atomic mass is 9.98. The highest BCUT2D eigenvalue weighted by atomic mass is 32.2. The Kier molecular flexibility index (Phi) is 7.85. The Morgan fingerprint density at radius 2 is 2.11 bits per heavy atom. The first kappa shape index (κ1) is 20.8. The summed E-state index contributed by atoms with van der Waals surface area (Å²) in [7, 11) is 5.24. The monoisotopic (exact) mass is 420 g/mol. The third kappa shape index (κ3) is 5.54. The maximum atomic E-state index is 5.42. The van der Waals surface area contributed by atoms with Gasteiger partial charge in [0.1, 0.15) is 15.8 Å². The number of nitrogens with zero attached hydrogens (tertiary/aromatic N) is 3. The van der Waals surface area contributed by atoms with Gasteiger partial charge in [0.25, 0.3) is 0 Å². The van der Waals surface area contributed by atoms with E-state index in [1.807, 2.05) is 36.5 Å². The minimum atomic E-state index is 0.447. The van der Waals surface area contributed by atoms with Crippen molar-refractivity contribution in [1.82, 2.24) is 15.2 Å². The summed E-state index contributed by atoms with van der Waals surface area (Å²) in [6.45, 7) is 2.86. The van der Waals surface area contributed by atoms with Gasteiger partial charge >= 0.3 is 0 Å². The first-order valence-electron chi connectivity index (χ1n) is 9.44. The van der Waals surface area contributed by atoms with Gasteiger partial charge in [0, 0.05) is 56.0 Å². The number of ether oxygens (including phenoxy) is 2. The lowest BCUT2D eigenvalue weighted by Gasteiger charge is -2.22. The van der Waals surface area contributed by atoms with E-state index in [0.29, 0.717) is 5.92 Å². The lowest BCUT2D eigenvalue weighted by Crippen LogP contribution is -2.40. The molecule has 0 spiro atoms. The first-order chi connectivity index (χ1) is 13.7. The van der Waals surface area contributed by atoms with Gasteiger partial charge in [-0.25, -0.2) is 4.98 Å². The van der Waals surface area contributed by atoms with E-state index in [9.17, 15) is 0 Å². The van der Waals surface area contributed by atoms with Gasteiger partial charge in [-0.2, -0.15) is 0 Å². The minimum Gasteiger partial charge on any atom is -0.497 e. The average molecular weight is 421 g/mol. The van der Waals surface area contributed by atoms with E-state index >= 15 is 0 Å². The number of hydrogen-bond donors (Lipinski definition) is 1. The number of aliphatic imine (C=N–C) groups is 1. The van der Waals surface area contributed by atoms with Crippen LogP contribution in [0.2, 0.25) is 0 Å². The number of hydrogen-bond acceptors (Lipinski definition) is 6. The van der Waals surface area contributed by atoms with Crippen LogP contribution in [0.15, 0.2) is 39.1 Å². The molecule has 28 heavy (non-hydrogen) atoms. The summed E-state index contributed by atoms with van der Waals surface area (Å²) in [4.78, 5) is 11.1. The number of benzene rings is 1. The second-order valence-corrected chi connectivity index (χ2v) is 8.79. The van der Waals surface area contributed by atoms with Crippen molar-refractivity contribution in [3.8, 4) is 11.5 Å². The van der Waals surface area contributed by atoms with E-state index < -0.39 is 0 Å². The van der Waals surface area contributed by atoms with Crippen molar-refractivity contribution in [2.24, 2.45) is 4.99 Å². The molecule has 2 aromatic rings. The fourth-order valence-corrected chi connectivity index (χ4v) is 4.98. The second-order valence-electron chi connectivity index (χ2n) is 6.55. The maximum Gasteiger partial charge on any atom is 0.193 e.